The van der Waals surface area contributed by atoms with Crippen LogP contribution in [0.15, 0.2) is 0 Å². The molecule has 0 bridgehead atoms. The lowest BCUT2D eigenvalue weighted by atomic mass is 9.99. The summed E-state index contributed by atoms with van der Waals surface area (Å²) >= 11 is 1.54. The molecular weight excluding hydrogens is 212 g/mol. The Balaban J connectivity index is 2.35. The van der Waals surface area contributed by atoms with Crippen LogP contribution in [0.3, 0.4) is 0 Å². The van der Waals surface area contributed by atoms with Gasteiger partial charge in [-0.2, -0.15) is 11.8 Å². The van der Waals surface area contributed by atoms with Crippen LogP contribution < -0.4 is 10.6 Å². The summed E-state index contributed by atoms with van der Waals surface area (Å²) in [5, 5.41) is 6.37. The molecule has 0 saturated carbocycles. The molecule has 1 fully saturated rings. The molecule has 0 radical (unpaired) electrons. The van der Waals surface area contributed by atoms with E-state index in [-0.39, 0.29) is 11.4 Å². The van der Waals surface area contributed by atoms with Gasteiger partial charge in [-0.25, -0.2) is 0 Å². The maximum atomic E-state index is 11.3. The molecule has 1 amide bonds. The summed E-state index contributed by atoms with van der Waals surface area (Å²) in [5.74, 6) is 0.634. The van der Waals surface area contributed by atoms with Crippen molar-refractivity contribution in [2.45, 2.75) is 18.4 Å². The van der Waals surface area contributed by atoms with Gasteiger partial charge in [0.2, 0.25) is 5.91 Å². The zero-order chi connectivity index (χ0) is 11.1. The monoisotopic (exact) mass is 232 g/mol. The maximum absolute atomic E-state index is 11.3. The van der Waals surface area contributed by atoms with E-state index in [1.54, 1.807) is 18.9 Å². The van der Waals surface area contributed by atoms with Crippen molar-refractivity contribution in [3.05, 3.63) is 0 Å². The first-order chi connectivity index (χ1) is 7.22. The Morgan fingerprint density at radius 2 is 2.47 bits per heavy atom. The Hall–Kier alpha value is -0.260. The molecule has 0 aromatic carbocycles. The van der Waals surface area contributed by atoms with Gasteiger partial charge in [-0.3, -0.25) is 4.79 Å². The summed E-state index contributed by atoms with van der Waals surface area (Å²) < 4.78 is 5.20. The van der Waals surface area contributed by atoms with E-state index >= 15 is 0 Å². The van der Waals surface area contributed by atoms with Crippen LogP contribution in [0.5, 0.6) is 0 Å². The van der Waals surface area contributed by atoms with E-state index in [2.05, 4.69) is 10.6 Å². The molecule has 1 aliphatic heterocycles. The highest BCUT2D eigenvalue weighted by Gasteiger charge is 2.33. The number of thioether (sulfide) groups is 1. The minimum absolute atomic E-state index is 0.0389. The number of carbonyl (C=O) groups excluding carboxylic acids is 1. The van der Waals surface area contributed by atoms with Crippen LogP contribution in [-0.4, -0.2) is 50.3 Å². The van der Waals surface area contributed by atoms with Crippen LogP contribution in [0, 0.1) is 0 Å². The molecule has 0 aromatic heterocycles. The minimum Gasteiger partial charge on any atom is -0.383 e. The second-order valence-electron chi connectivity index (χ2n) is 3.95. The highest BCUT2D eigenvalue weighted by atomic mass is 32.2. The van der Waals surface area contributed by atoms with E-state index in [1.807, 2.05) is 6.26 Å². The van der Waals surface area contributed by atoms with E-state index in [0.29, 0.717) is 18.9 Å². The number of methoxy groups -OCH3 is 1. The fourth-order valence-electron chi connectivity index (χ4n) is 1.92. The summed E-state index contributed by atoms with van der Waals surface area (Å²) in [7, 11) is 1.70. The Morgan fingerprint density at radius 3 is 3.00 bits per heavy atom. The van der Waals surface area contributed by atoms with E-state index in [4.69, 9.17) is 4.74 Å². The van der Waals surface area contributed by atoms with Crippen molar-refractivity contribution in [3.63, 3.8) is 0 Å². The minimum atomic E-state index is -0.0389. The summed E-state index contributed by atoms with van der Waals surface area (Å²) in [6.45, 7) is 2.34. The van der Waals surface area contributed by atoms with Gasteiger partial charge in [-0.15, -0.1) is 0 Å². The SMILES string of the molecule is COCC1(CNC(=O)CSC)CCCN1. The van der Waals surface area contributed by atoms with Gasteiger partial charge in [0.15, 0.2) is 0 Å². The van der Waals surface area contributed by atoms with Gasteiger partial charge in [0, 0.05) is 13.7 Å². The largest absolute Gasteiger partial charge is 0.383 e. The molecule has 1 unspecified atom stereocenters. The van der Waals surface area contributed by atoms with E-state index in [1.165, 1.54) is 0 Å². The van der Waals surface area contributed by atoms with Crippen molar-refractivity contribution < 1.29 is 9.53 Å². The second kappa shape index (κ2) is 6.35. The molecule has 4 nitrogen and oxygen atoms in total. The number of carbonyl (C=O) groups is 1. The third kappa shape index (κ3) is 4.01. The third-order valence-corrected chi connectivity index (χ3v) is 3.20. The van der Waals surface area contributed by atoms with Crippen molar-refractivity contribution in [1.82, 2.24) is 10.6 Å². The number of hydrogen-bond acceptors (Lipinski definition) is 4. The van der Waals surface area contributed by atoms with Crippen LogP contribution in [0.1, 0.15) is 12.8 Å². The lowest BCUT2D eigenvalue weighted by Crippen LogP contribution is -2.53. The maximum Gasteiger partial charge on any atom is 0.230 e. The van der Waals surface area contributed by atoms with Gasteiger partial charge in [0.1, 0.15) is 0 Å². The molecule has 5 heteroatoms. The first-order valence-corrected chi connectivity index (χ1v) is 6.61. The van der Waals surface area contributed by atoms with E-state index in [0.717, 1.165) is 19.4 Å². The average molecular weight is 232 g/mol. The molecule has 1 heterocycles. The molecule has 0 aliphatic carbocycles. The second-order valence-corrected chi connectivity index (χ2v) is 4.82. The van der Waals surface area contributed by atoms with Crippen molar-refractivity contribution in [3.8, 4) is 0 Å². The standard InChI is InChI=1S/C10H20N2O2S/c1-14-8-10(4-3-5-12-10)7-11-9(13)6-15-2/h12H,3-8H2,1-2H3,(H,11,13). The van der Waals surface area contributed by atoms with Crippen LogP contribution in [0.4, 0.5) is 0 Å². The fourth-order valence-corrected chi connectivity index (χ4v) is 2.28. The molecule has 1 atom stereocenters. The molecule has 2 N–H and O–H groups in total. The number of amides is 1. The Kier molecular flexibility index (Phi) is 5.42. The molecule has 88 valence electrons. The van der Waals surface area contributed by atoms with Gasteiger partial charge < -0.3 is 15.4 Å². The normalized spacial score (nSPS) is 25.5. The summed E-state index contributed by atoms with van der Waals surface area (Å²) in [5.41, 5.74) is -0.0389. The van der Waals surface area contributed by atoms with Crippen LogP contribution >= 0.6 is 11.8 Å². The van der Waals surface area contributed by atoms with Crippen molar-refractivity contribution >= 4 is 17.7 Å². The highest BCUT2D eigenvalue weighted by molar-refractivity contribution is 7.99. The fraction of sp³-hybridized carbons (Fsp3) is 0.900. The van der Waals surface area contributed by atoms with Gasteiger partial charge in [-0.1, -0.05) is 0 Å². The van der Waals surface area contributed by atoms with Crippen LogP contribution in [-0.2, 0) is 9.53 Å². The van der Waals surface area contributed by atoms with Crippen molar-refractivity contribution in [2.75, 3.05) is 38.8 Å². The molecule has 1 rings (SSSR count). The predicted molar refractivity (Wildman–Crippen MR) is 63.2 cm³/mol. The Morgan fingerprint density at radius 1 is 1.67 bits per heavy atom. The smallest absolute Gasteiger partial charge is 0.230 e. The summed E-state index contributed by atoms with van der Waals surface area (Å²) in [6, 6.07) is 0. The molecule has 0 aromatic rings. The number of hydrogen-bond donors (Lipinski definition) is 2. The molecule has 0 spiro atoms. The zero-order valence-electron chi connectivity index (χ0n) is 9.47. The van der Waals surface area contributed by atoms with Gasteiger partial charge in [0.25, 0.3) is 0 Å². The quantitative estimate of drug-likeness (QED) is 0.688. The summed E-state index contributed by atoms with van der Waals surface area (Å²) in [4.78, 5) is 11.3. The van der Waals surface area contributed by atoms with Crippen molar-refractivity contribution in [2.24, 2.45) is 0 Å². The molecule has 15 heavy (non-hydrogen) atoms. The van der Waals surface area contributed by atoms with Crippen LogP contribution in [0.2, 0.25) is 0 Å². The van der Waals surface area contributed by atoms with E-state index in [9.17, 15) is 4.79 Å². The topological polar surface area (TPSA) is 50.4 Å². The predicted octanol–water partition coefficient (Wildman–Crippen LogP) is 0.234. The number of nitrogens with one attached hydrogen (secondary N) is 2. The average Bonchev–Trinajstić information content (AvgIpc) is 2.65. The molecule has 1 saturated heterocycles. The van der Waals surface area contributed by atoms with Crippen LogP contribution in [0.25, 0.3) is 0 Å². The zero-order valence-corrected chi connectivity index (χ0v) is 10.3. The Labute approximate surface area is 95.5 Å². The van der Waals surface area contributed by atoms with E-state index < -0.39 is 0 Å². The lowest BCUT2D eigenvalue weighted by molar-refractivity contribution is -0.118. The first kappa shape index (κ1) is 12.8. The van der Waals surface area contributed by atoms with Gasteiger partial charge in [-0.05, 0) is 25.6 Å². The Bertz CT molecular complexity index is 206. The molecular formula is C10H20N2O2S. The summed E-state index contributed by atoms with van der Waals surface area (Å²) in [6.07, 6.45) is 4.15. The molecule has 1 aliphatic rings. The lowest BCUT2D eigenvalue weighted by Gasteiger charge is -2.28. The first-order valence-electron chi connectivity index (χ1n) is 5.22. The van der Waals surface area contributed by atoms with Gasteiger partial charge >= 0.3 is 0 Å². The highest BCUT2D eigenvalue weighted by Crippen LogP contribution is 2.18. The van der Waals surface area contributed by atoms with Crippen molar-refractivity contribution in [1.29, 1.82) is 0 Å². The number of ether oxygens (including phenoxy) is 1. The van der Waals surface area contributed by atoms with Gasteiger partial charge in [0.05, 0.1) is 17.9 Å². The third-order valence-electron chi connectivity index (χ3n) is 2.65. The number of rotatable bonds is 6.